The first-order chi connectivity index (χ1) is 16.5. The van der Waals surface area contributed by atoms with E-state index in [9.17, 15) is 22.0 Å². The maximum Gasteiger partial charge on any atom is 0.324 e. The largest absolute Gasteiger partial charge is 0.492 e. The fourth-order valence-corrected chi connectivity index (χ4v) is 6.52. The quantitative estimate of drug-likeness (QED) is 0.442. The molecule has 2 fully saturated rings. The molecule has 1 aliphatic heterocycles. The normalized spacial score (nSPS) is 22.1. The zero-order valence-corrected chi connectivity index (χ0v) is 21.7. The molecule has 0 aromatic heterocycles. The molecule has 1 heterocycles. The smallest absolute Gasteiger partial charge is 0.324 e. The first kappa shape index (κ1) is 27.8. The molecule has 1 aromatic rings. The molecule has 1 saturated carbocycles. The van der Waals surface area contributed by atoms with Crippen LogP contribution in [0.25, 0.3) is 0 Å². The Morgan fingerprint density at radius 3 is 2.63 bits per heavy atom. The molecular formula is C25H38F2N2O5S. The molecule has 1 saturated heterocycles. The molecule has 7 nitrogen and oxygen atoms in total. The van der Waals surface area contributed by atoms with Crippen molar-refractivity contribution >= 4 is 16.0 Å². The summed E-state index contributed by atoms with van der Waals surface area (Å²) in [4.78, 5) is 12.2. The SMILES string of the molecule is COC(=O)[C@@H]1CCCN1S(=O)(=O)c1ccc(C)cc1OCC[C@H](C)CCNC1CCC(F)(F)CC1. The number of nitrogens with zero attached hydrogens (tertiary/aromatic N) is 1. The maximum atomic E-state index is 13.4. The Morgan fingerprint density at radius 2 is 1.94 bits per heavy atom. The van der Waals surface area contributed by atoms with Gasteiger partial charge in [0.05, 0.1) is 13.7 Å². The minimum atomic E-state index is -3.93. The molecule has 0 bridgehead atoms. The summed E-state index contributed by atoms with van der Waals surface area (Å²) >= 11 is 0. The summed E-state index contributed by atoms with van der Waals surface area (Å²) in [5.41, 5.74) is 0.875. The van der Waals surface area contributed by atoms with E-state index < -0.39 is 28.0 Å². The molecule has 1 aromatic carbocycles. The molecule has 0 spiro atoms. The first-order valence-electron chi connectivity index (χ1n) is 12.5. The molecule has 35 heavy (non-hydrogen) atoms. The highest BCUT2D eigenvalue weighted by Crippen LogP contribution is 2.34. The Hall–Kier alpha value is -1.78. The molecule has 0 unspecified atom stereocenters. The van der Waals surface area contributed by atoms with E-state index in [1.807, 2.05) is 6.92 Å². The van der Waals surface area contributed by atoms with Gasteiger partial charge in [-0.25, -0.2) is 17.2 Å². The predicted molar refractivity (Wildman–Crippen MR) is 129 cm³/mol. The van der Waals surface area contributed by atoms with E-state index in [4.69, 9.17) is 9.47 Å². The maximum absolute atomic E-state index is 13.4. The number of carbonyl (C=O) groups excluding carboxylic acids is 1. The second kappa shape index (κ2) is 12.0. The number of sulfonamides is 1. The summed E-state index contributed by atoms with van der Waals surface area (Å²) in [6, 6.07) is 4.30. The fourth-order valence-electron chi connectivity index (χ4n) is 4.76. The number of methoxy groups -OCH3 is 1. The van der Waals surface area contributed by atoms with Crippen molar-refractivity contribution in [1.29, 1.82) is 0 Å². The number of nitrogens with one attached hydrogen (secondary N) is 1. The number of ether oxygens (including phenoxy) is 2. The highest BCUT2D eigenvalue weighted by Gasteiger charge is 2.41. The average molecular weight is 517 g/mol. The highest BCUT2D eigenvalue weighted by atomic mass is 32.2. The number of esters is 1. The van der Waals surface area contributed by atoms with E-state index in [-0.39, 0.29) is 36.1 Å². The molecular weight excluding hydrogens is 478 g/mol. The fraction of sp³-hybridized carbons (Fsp3) is 0.720. The number of alkyl halides is 2. The number of halogens is 2. The van der Waals surface area contributed by atoms with Gasteiger partial charge in [-0.2, -0.15) is 4.31 Å². The molecule has 2 aliphatic rings. The van der Waals surface area contributed by atoms with Crippen molar-refractivity contribution in [3.63, 3.8) is 0 Å². The van der Waals surface area contributed by atoms with E-state index in [0.29, 0.717) is 38.2 Å². The van der Waals surface area contributed by atoms with E-state index in [1.54, 1.807) is 12.1 Å². The van der Waals surface area contributed by atoms with Crippen molar-refractivity contribution in [1.82, 2.24) is 9.62 Å². The van der Waals surface area contributed by atoms with Crippen molar-refractivity contribution in [3.05, 3.63) is 23.8 Å². The van der Waals surface area contributed by atoms with Gasteiger partial charge in [0.1, 0.15) is 16.7 Å². The molecule has 3 rings (SSSR count). The van der Waals surface area contributed by atoms with Crippen LogP contribution in [-0.4, -0.2) is 63.5 Å². The standard InChI is InChI=1S/C25H38F2N2O5S/c1-18(10-14-28-20-8-12-25(26,27)13-9-20)11-16-34-22-17-19(2)6-7-23(22)35(31,32)29-15-4-5-21(29)24(30)33-3/h6-7,17-18,20-21,28H,4-5,8-16H2,1-3H3/t18-,21+/m1/s1. The Labute approximate surface area is 207 Å². The summed E-state index contributed by atoms with van der Waals surface area (Å²) in [5.74, 6) is -2.46. The van der Waals surface area contributed by atoms with Gasteiger partial charge < -0.3 is 14.8 Å². The van der Waals surface area contributed by atoms with Gasteiger partial charge in [-0.15, -0.1) is 0 Å². The lowest BCUT2D eigenvalue weighted by Crippen LogP contribution is -2.41. The van der Waals surface area contributed by atoms with Crippen LogP contribution < -0.4 is 10.1 Å². The van der Waals surface area contributed by atoms with Crippen LogP contribution in [0, 0.1) is 12.8 Å². The Kier molecular flexibility index (Phi) is 9.51. The minimum Gasteiger partial charge on any atom is -0.492 e. The third-order valence-electron chi connectivity index (χ3n) is 7.02. The summed E-state index contributed by atoms with van der Waals surface area (Å²) in [5, 5.41) is 3.39. The monoisotopic (exact) mass is 516 g/mol. The van der Waals surface area contributed by atoms with Gasteiger partial charge in [0.2, 0.25) is 15.9 Å². The second-order valence-corrected chi connectivity index (χ2v) is 11.7. The summed E-state index contributed by atoms with van der Waals surface area (Å²) in [6.07, 6.45) is 3.54. The third-order valence-corrected chi connectivity index (χ3v) is 8.97. The third kappa shape index (κ3) is 7.36. The van der Waals surface area contributed by atoms with Crippen LogP contribution in [0.3, 0.4) is 0 Å². The van der Waals surface area contributed by atoms with Crippen LogP contribution >= 0.6 is 0 Å². The van der Waals surface area contributed by atoms with Crippen molar-refractivity contribution in [3.8, 4) is 5.75 Å². The minimum absolute atomic E-state index is 0.0480. The van der Waals surface area contributed by atoms with Crippen LogP contribution in [0.1, 0.15) is 63.9 Å². The number of rotatable bonds is 11. The average Bonchev–Trinajstić information content (AvgIpc) is 3.31. The number of hydrogen-bond donors (Lipinski definition) is 1. The Morgan fingerprint density at radius 1 is 1.23 bits per heavy atom. The summed E-state index contributed by atoms with van der Waals surface area (Å²) < 4.78 is 65.4. The number of aryl methyl sites for hydroxylation is 1. The zero-order valence-electron chi connectivity index (χ0n) is 20.9. The lowest BCUT2D eigenvalue weighted by Gasteiger charge is -2.29. The Bertz CT molecular complexity index is 963. The van der Waals surface area contributed by atoms with Crippen molar-refractivity contribution < 1.29 is 31.5 Å². The van der Waals surface area contributed by atoms with Crippen LogP contribution in [0.4, 0.5) is 8.78 Å². The summed E-state index contributed by atoms with van der Waals surface area (Å²) in [6.45, 7) is 5.33. The van der Waals surface area contributed by atoms with Crippen LogP contribution in [-0.2, 0) is 19.6 Å². The van der Waals surface area contributed by atoms with Gasteiger partial charge in [0.25, 0.3) is 0 Å². The van der Waals surface area contributed by atoms with Crippen molar-refractivity contribution in [2.75, 3.05) is 26.8 Å². The number of benzene rings is 1. The van der Waals surface area contributed by atoms with Gasteiger partial charge in [0, 0.05) is 25.4 Å². The van der Waals surface area contributed by atoms with Gasteiger partial charge in [0.15, 0.2) is 0 Å². The topological polar surface area (TPSA) is 84.9 Å². The molecule has 0 amide bonds. The van der Waals surface area contributed by atoms with Crippen LogP contribution in [0.2, 0.25) is 0 Å². The number of hydrogen-bond acceptors (Lipinski definition) is 6. The van der Waals surface area contributed by atoms with E-state index in [1.165, 1.54) is 17.5 Å². The van der Waals surface area contributed by atoms with Crippen molar-refractivity contribution in [2.24, 2.45) is 5.92 Å². The highest BCUT2D eigenvalue weighted by molar-refractivity contribution is 7.89. The molecule has 198 valence electrons. The second-order valence-electron chi connectivity index (χ2n) is 9.86. The van der Waals surface area contributed by atoms with Gasteiger partial charge >= 0.3 is 5.97 Å². The van der Waals surface area contributed by atoms with Gasteiger partial charge in [-0.3, -0.25) is 4.79 Å². The van der Waals surface area contributed by atoms with Crippen LogP contribution in [0.15, 0.2) is 23.1 Å². The number of carbonyl (C=O) groups is 1. The molecule has 0 radical (unpaired) electrons. The molecule has 1 aliphatic carbocycles. The van der Waals surface area contributed by atoms with Crippen LogP contribution in [0.5, 0.6) is 5.75 Å². The van der Waals surface area contributed by atoms with E-state index in [2.05, 4.69) is 12.2 Å². The summed E-state index contributed by atoms with van der Waals surface area (Å²) in [7, 11) is -2.67. The first-order valence-corrected chi connectivity index (χ1v) is 13.9. The lowest BCUT2D eigenvalue weighted by molar-refractivity contribution is -0.144. The molecule has 2 atom stereocenters. The van der Waals surface area contributed by atoms with E-state index in [0.717, 1.165) is 24.9 Å². The lowest BCUT2D eigenvalue weighted by atomic mass is 9.92. The van der Waals surface area contributed by atoms with Gasteiger partial charge in [-0.05, 0) is 75.6 Å². The molecule has 10 heteroatoms. The molecule has 1 N–H and O–H groups in total. The van der Waals surface area contributed by atoms with Gasteiger partial charge in [-0.1, -0.05) is 13.0 Å². The Balaban J connectivity index is 1.53. The van der Waals surface area contributed by atoms with E-state index >= 15 is 0 Å². The zero-order chi connectivity index (χ0) is 25.6. The van der Waals surface area contributed by atoms with Crippen molar-refractivity contribution in [2.45, 2.75) is 88.1 Å². The predicted octanol–water partition coefficient (Wildman–Crippen LogP) is 4.28.